The third-order valence-electron chi connectivity index (χ3n) is 4.23. The van der Waals surface area contributed by atoms with Crippen LogP contribution in [0.4, 0.5) is 0 Å². The molecule has 2 unspecified atom stereocenters. The number of aryl methyl sites for hydroxylation is 1. The van der Waals surface area contributed by atoms with E-state index in [0.29, 0.717) is 6.04 Å². The minimum atomic E-state index is 0.653. The maximum absolute atomic E-state index is 3.75. The minimum Gasteiger partial charge on any atom is -0.313 e. The molecule has 0 aliphatic heterocycles. The Bertz CT molecular complexity index is 350. The van der Waals surface area contributed by atoms with Crippen LogP contribution >= 0.6 is 0 Å². The predicted molar refractivity (Wildman–Crippen MR) is 78.9 cm³/mol. The zero-order valence-corrected chi connectivity index (χ0v) is 12.1. The average molecular weight is 245 g/mol. The first-order chi connectivity index (χ1) is 8.70. The lowest BCUT2D eigenvalue weighted by Crippen LogP contribution is -2.38. The van der Waals surface area contributed by atoms with E-state index >= 15 is 0 Å². The van der Waals surface area contributed by atoms with E-state index in [0.717, 1.165) is 18.4 Å². The Labute approximate surface area is 112 Å². The predicted octanol–water partition coefficient (Wildman–Crippen LogP) is 3.95. The van der Waals surface area contributed by atoms with E-state index in [1.165, 1.54) is 36.8 Å². The van der Waals surface area contributed by atoms with Gasteiger partial charge in [-0.2, -0.15) is 0 Å². The van der Waals surface area contributed by atoms with Crippen LogP contribution in [-0.2, 0) is 6.42 Å². The Morgan fingerprint density at radius 2 is 1.89 bits per heavy atom. The molecule has 0 radical (unpaired) electrons. The van der Waals surface area contributed by atoms with E-state index in [-0.39, 0.29) is 0 Å². The van der Waals surface area contributed by atoms with Crippen LogP contribution < -0.4 is 5.32 Å². The number of rotatable bonds is 7. The Morgan fingerprint density at radius 1 is 1.22 bits per heavy atom. The van der Waals surface area contributed by atoms with Crippen LogP contribution in [0.3, 0.4) is 0 Å². The van der Waals surface area contributed by atoms with Gasteiger partial charge in [-0.3, -0.25) is 0 Å². The molecule has 1 fully saturated rings. The molecule has 1 N–H and O–H groups in total. The topological polar surface area (TPSA) is 12.0 Å². The second kappa shape index (κ2) is 6.38. The first-order valence-corrected chi connectivity index (χ1v) is 7.49. The fraction of sp³-hybridized carbons (Fsp3) is 0.647. The molecule has 1 saturated carbocycles. The van der Waals surface area contributed by atoms with Gasteiger partial charge in [0, 0.05) is 6.04 Å². The molecule has 1 aromatic rings. The van der Waals surface area contributed by atoms with Crippen molar-refractivity contribution in [2.45, 2.75) is 52.5 Å². The summed E-state index contributed by atoms with van der Waals surface area (Å²) in [6.07, 6.45) is 5.29. The van der Waals surface area contributed by atoms with Crippen molar-refractivity contribution in [3.63, 3.8) is 0 Å². The Hall–Kier alpha value is -0.820. The highest BCUT2D eigenvalue weighted by atomic mass is 14.9. The highest BCUT2D eigenvalue weighted by molar-refractivity contribution is 5.22. The third-order valence-corrected chi connectivity index (χ3v) is 4.23. The van der Waals surface area contributed by atoms with E-state index in [2.05, 4.69) is 50.4 Å². The van der Waals surface area contributed by atoms with Gasteiger partial charge < -0.3 is 5.32 Å². The van der Waals surface area contributed by atoms with Crippen molar-refractivity contribution in [3.05, 3.63) is 35.4 Å². The lowest BCUT2D eigenvalue weighted by molar-refractivity contribution is 0.339. The maximum Gasteiger partial charge on any atom is 0.0136 e. The molecule has 1 aromatic carbocycles. The van der Waals surface area contributed by atoms with Gasteiger partial charge in [0.15, 0.2) is 0 Å². The van der Waals surface area contributed by atoms with E-state index in [1.807, 2.05) is 0 Å². The molecule has 2 rings (SSSR count). The summed E-state index contributed by atoms with van der Waals surface area (Å²) in [4.78, 5) is 0. The molecular weight excluding hydrogens is 218 g/mol. The number of hydrogen-bond donors (Lipinski definition) is 1. The zero-order chi connectivity index (χ0) is 13.0. The molecule has 100 valence electrons. The average Bonchev–Trinajstić information content (AvgIpc) is 3.20. The van der Waals surface area contributed by atoms with Gasteiger partial charge in [-0.1, -0.05) is 43.7 Å². The molecule has 1 heteroatoms. The van der Waals surface area contributed by atoms with Gasteiger partial charge in [0.05, 0.1) is 0 Å². The Morgan fingerprint density at radius 3 is 2.44 bits per heavy atom. The first kappa shape index (κ1) is 13.6. The third kappa shape index (κ3) is 3.84. The normalized spacial score (nSPS) is 18.6. The second-order valence-electron chi connectivity index (χ2n) is 5.95. The SMILES string of the molecule is CCCNC(Cc1ccc(C)cc1)C(C)C1CC1. The van der Waals surface area contributed by atoms with Crippen molar-refractivity contribution in [1.29, 1.82) is 0 Å². The molecule has 2 atom stereocenters. The number of benzene rings is 1. The van der Waals surface area contributed by atoms with E-state index in [4.69, 9.17) is 0 Å². The first-order valence-electron chi connectivity index (χ1n) is 7.49. The van der Waals surface area contributed by atoms with Crippen LogP contribution in [0, 0.1) is 18.8 Å². The summed E-state index contributed by atoms with van der Waals surface area (Å²) in [6, 6.07) is 9.69. The van der Waals surface area contributed by atoms with Crippen LogP contribution in [0.2, 0.25) is 0 Å². The lowest BCUT2D eigenvalue weighted by Gasteiger charge is -2.25. The van der Waals surface area contributed by atoms with Gasteiger partial charge in [-0.25, -0.2) is 0 Å². The van der Waals surface area contributed by atoms with Gasteiger partial charge in [0.2, 0.25) is 0 Å². The summed E-state index contributed by atoms with van der Waals surface area (Å²) < 4.78 is 0. The van der Waals surface area contributed by atoms with Crippen molar-refractivity contribution >= 4 is 0 Å². The second-order valence-corrected chi connectivity index (χ2v) is 5.95. The lowest BCUT2D eigenvalue weighted by atomic mass is 9.91. The van der Waals surface area contributed by atoms with Gasteiger partial charge in [0.25, 0.3) is 0 Å². The van der Waals surface area contributed by atoms with Crippen molar-refractivity contribution in [1.82, 2.24) is 5.32 Å². The summed E-state index contributed by atoms with van der Waals surface area (Å²) in [5.41, 5.74) is 2.83. The fourth-order valence-corrected chi connectivity index (χ4v) is 2.70. The molecule has 18 heavy (non-hydrogen) atoms. The summed E-state index contributed by atoms with van der Waals surface area (Å²) in [5, 5.41) is 3.75. The highest BCUT2D eigenvalue weighted by Gasteiger charge is 2.32. The van der Waals surface area contributed by atoms with Crippen LogP contribution in [0.5, 0.6) is 0 Å². The number of hydrogen-bond acceptors (Lipinski definition) is 1. The van der Waals surface area contributed by atoms with Crippen LogP contribution in [0.1, 0.15) is 44.2 Å². The van der Waals surface area contributed by atoms with E-state index in [9.17, 15) is 0 Å². The van der Waals surface area contributed by atoms with Crippen molar-refractivity contribution in [2.24, 2.45) is 11.8 Å². The molecule has 0 heterocycles. The molecule has 0 aromatic heterocycles. The molecule has 1 nitrogen and oxygen atoms in total. The maximum atomic E-state index is 3.75. The zero-order valence-electron chi connectivity index (χ0n) is 12.1. The van der Waals surface area contributed by atoms with Crippen LogP contribution in [-0.4, -0.2) is 12.6 Å². The van der Waals surface area contributed by atoms with Gasteiger partial charge in [-0.15, -0.1) is 0 Å². The fourth-order valence-electron chi connectivity index (χ4n) is 2.70. The summed E-state index contributed by atoms with van der Waals surface area (Å²) in [5.74, 6) is 1.79. The smallest absolute Gasteiger partial charge is 0.0136 e. The summed E-state index contributed by atoms with van der Waals surface area (Å²) in [6.45, 7) is 7.98. The monoisotopic (exact) mass is 245 g/mol. The molecule has 1 aliphatic rings. The number of nitrogens with one attached hydrogen (secondary N) is 1. The standard InChI is InChI=1S/C17H27N/c1-4-11-18-17(14(3)16-9-10-16)12-15-7-5-13(2)6-8-15/h5-8,14,16-18H,4,9-12H2,1-3H3. The molecule has 0 amide bonds. The van der Waals surface area contributed by atoms with Crippen molar-refractivity contribution < 1.29 is 0 Å². The largest absolute Gasteiger partial charge is 0.313 e. The molecule has 0 spiro atoms. The summed E-state index contributed by atoms with van der Waals surface area (Å²) >= 11 is 0. The van der Waals surface area contributed by atoms with E-state index < -0.39 is 0 Å². The minimum absolute atomic E-state index is 0.653. The highest BCUT2D eigenvalue weighted by Crippen LogP contribution is 2.38. The van der Waals surface area contributed by atoms with Gasteiger partial charge in [0.1, 0.15) is 0 Å². The quantitative estimate of drug-likeness (QED) is 0.767. The van der Waals surface area contributed by atoms with E-state index in [1.54, 1.807) is 0 Å². The molecular formula is C17H27N. The van der Waals surface area contributed by atoms with Gasteiger partial charge in [-0.05, 0) is 56.6 Å². The molecule has 1 aliphatic carbocycles. The Kier molecular flexibility index (Phi) is 4.82. The van der Waals surface area contributed by atoms with Crippen molar-refractivity contribution in [2.75, 3.05) is 6.54 Å². The van der Waals surface area contributed by atoms with Gasteiger partial charge >= 0.3 is 0 Å². The summed E-state index contributed by atoms with van der Waals surface area (Å²) in [7, 11) is 0. The van der Waals surface area contributed by atoms with Crippen LogP contribution in [0.25, 0.3) is 0 Å². The Balaban J connectivity index is 1.96. The molecule has 0 saturated heterocycles. The van der Waals surface area contributed by atoms with Crippen molar-refractivity contribution in [3.8, 4) is 0 Å². The molecule has 0 bridgehead atoms. The van der Waals surface area contributed by atoms with Crippen LogP contribution in [0.15, 0.2) is 24.3 Å².